The molecule has 1 atom stereocenters. The van der Waals surface area contributed by atoms with Gasteiger partial charge in [0.05, 0.1) is 17.9 Å². The van der Waals surface area contributed by atoms with Gasteiger partial charge in [0.25, 0.3) is 5.91 Å². The third-order valence-corrected chi connectivity index (χ3v) is 3.75. The van der Waals surface area contributed by atoms with Gasteiger partial charge in [-0.3, -0.25) is 4.79 Å². The van der Waals surface area contributed by atoms with Crippen LogP contribution in [-0.4, -0.2) is 20.6 Å². The predicted molar refractivity (Wildman–Crippen MR) is 102 cm³/mol. The maximum atomic E-state index is 12.5. The molecule has 0 aliphatic carbocycles. The number of carbonyl (C=O) groups excluding carboxylic acids is 1. The van der Waals surface area contributed by atoms with Crippen molar-refractivity contribution in [3.8, 4) is 5.75 Å². The molecule has 0 spiro atoms. The average molecular weight is 365 g/mol. The van der Waals surface area contributed by atoms with Crippen LogP contribution in [0.1, 0.15) is 49.7 Å². The third kappa shape index (κ3) is 6.58. The minimum absolute atomic E-state index is 0. The van der Waals surface area contributed by atoms with Crippen LogP contribution in [0.2, 0.25) is 0 Å². The average Bonchev–Trinajstić information content (AvgIpc) is 2.57. The Hall–Kier alpha value is -2.34. The molecule has 1 amide bonds. The van der Waals surface area contributed by atoms with Gasteiger partial charge in [-0.15, -0.1) is 0 Å². The van der Waals surface area contributed by atoms with E-state index in [1.165, 1.54) is 6.07 Å². The Morgan fingerprint density at radius 1 is 1.12 bits per heavy atom. The summed E-state index contributed by atoms with van der Waals surface area (Å²) in [6, 6.07) is 14.1. The first-order chi connectivity index (χ1) is 11.8. The zero-order chi connectivity index (χ0) is 19.0. The van der Waals surface area contributed by atoms with Gasteiger partial charge in [-0.05, 0) is 31.5 Å². The van der Waals surface area contributed by atoms with Gasteiger partial charge < -0.3 is 9.50 Å². The van der Waals surface area contributed by atoms with Crippen molar-refractivity contribution in [1.29, 1.82) is 0 Å². The van der Waals surface area contributed by atoms with Crippen molar-refractivity contribution < 1.29 is 18.8 Å². The van der Waals surface area contributed by atoms with Crippen LogP contribution in [0.15, 0.2) is 48.5 Å². The zero-order valence-corrected chi connectivity index (χ0v) is 16.1. The molecule has 0 aromatic heterocycles. The molecule has 0 aliphatic heterocycles. The molecule has 0 fully saturated rings. The zero-order valence-electron chi connectivity index (χ0n) is 15.2. The van der Waals surface area contributed by atoms with Gasteiger partial charge in [0.2, 0.25) is 0 Å². The molecule has 1 N–H and O–H groups in total. The fraction of sp³-hybridized carbons (Fsp3) is 0.316. The molecule has 2 aromatic carbocycles. The molecule has 0 unspecified atom stereocenters. The fourth-order valence-corrected chi connectivity index (χ4v) is 2.63. The van der Waals surface area contributed by atoms with Gasteiger partial charge in [0.15, 0.2) is 5.75 Å². The fourth-order valence-electron chi connectivity index (χ4n) is 2.16. The Morgan fingerprint density at radius 3 is 2.28 bits per heavy atom. The topological polar surface area (TPSA) is 72.5 Å². The number of hydrogen-bond acceptors (Lipinski definition) is 4. The second kappa shape index (κ2) is 9.22. The summed E-state index contributed by atoms with van der Waals surface area (Å²) in [5.41, 5.74) is 1.99. The lowest BCUT2D eigenvalue weighted by atomic mass is 10.1. The van der Waals surface area contributed by atoms with Crippen molar-refractivity contribution in [3.63, 3.8) is 0 Å². The normalized spacial score (nSPS) is 11.7. The number of hydrogen-bond donors (Lipinski definition) is 1. The minimum atomic E-state index is -3.71. The first kappa shape index (κ1) is 20.7. The number of amides is 1. The smallest absolute Gasteiger partial charge is 0.306 e. The van der Waals surface area contributed by atoms with Gasteiger partial charge in [0, 0.05) is 1.43 Å². The molecule has 0 bridgehead atoms. The summed E-state index contributed by atoms with van der Waals surface area (Å²) >= 11 is 0. The van der Waals surface area contributed by atoms with Gasteiger partial charge in [-0.1, -0.05) is 55.8 Å². The third-order valence-electron chi connectivity index (χ3n) is 3.27. The standard InChI is InChI=1S/C17H19NO4S.C2H6.H2/c1-12-9-10-16(22-23(3,20)21)15(11-12)17(19)18-13(2)14-7-5-4-6-8-14;1-2;/h4-11,13H,1-3H3,(H,18,19);1-2H3;1H/t13-;;/m0../s1. The van der Waals surface area contributed by atoms with E-state index in [1.54, 1.807) is 12.1 Å². The summed E-state index contributed by atoms with van der Waals surface area (Å²) in [5, 5.41) is 2.85. The summed E-state index contributed by atoms with van der Waals surface area (Å²) in [6.07, 6.45) is 0.946. The van der Waals surface area contributed by atoms with E-state index in [4.69, 9.17) is 4.18 Å². The molecule has 138 valence electrons. The van der Waals surface area contributed by atoms with Gasteiger partial charge in [-0.25, -0.2) is 0 Å². The lowest BCUT2D eigenvalue weighted by molar-refractivity contribution is 0.0938. The van der Waals surface area contributed by atoms with Crippen molar-refractivity contribution in [1.82, 2.24) is 5.32 Å². The van der Waals surface area contributed by atoms with Crippen LogP contribution < -0.4 is 9.50 Å². The lowest BCUT2D eigenvalue weighted by Gasteiger charge is -2.16. The number of nitrogens with one attached hydrogen (secondary N) is 1. The Balaban J connectivity index is 0.00000201. The molecule has 6 heteroatoms. The van der Waals surface area contributed by atoms with Crippen molar-refractivity contribution in [2.75, 3.05) is 6.26 Å². The summed E-state index contributed by atoms with van der Waals surface area (Å²) in [6.45, 7) is 7.68. The summed E-state index contributed by atoms with van der Waals surface area (Å²) in [4.78, 5) is 12.5. The summed E-state index contributed by atoms with van der Waals surface area (Å²) in [5.74, 6) is -0.362. The largest absolute Gasteiger partial charge is 0.382 e. The first-order valence-electron chi connectivity index (χ1n) is 8.12. The highest BCUT2D eigenvalue weighted by atomic mass is 32.2. The van der Waals surface area contributed by atoms with E-state index in [1.807, 2.05) is 58.0 Å². The first-order valence-corrected chi connectivity index (χ1v) is 9.94. The highest BCUT2D eigenvalue weighted by Crippen LogP contribution is 2.23. The van der Waals surface area contributed by atoms with Crippen molar-refractivity contribution in [2.24, 2.45) is 0 Å². The van der Waals surface area contributed by atoms with Crippen molar-refractivity contribution in [3.05, 3.63) is 65.2 Å². The molecule has 2 rings (SSSR count). The summed E-state index contributed by atoms with van der Waals surface area (Å²) in [7, 11) is -3.71. The number of benzene rings is 2. The number of aryl methyl sites for hydroxylation is 1. The predicted octanol–water partition coefficient (Wildman–Crippen LogP) is 4.10. The van der Waals surface area contributed by atoms with E-state index in [9.17, 15) is 13.2 Å². The molecule has 0 aliphatic rings. The van der Waals surface area contributed by atoms with Crippen molar-refractivity contribution in [2.45, 2.75) is 33.7 Å². The Kier molecular flexibility index (Phi) is 7.64. The van der Waals surface area contributed by atoms with Crippen LogP contribution in [0.25, 0.3) is 0 Å². The van der Waals surface area contributed by atoms with E-state index >= 15 is 0 Å². The SMILES string of the molecule is CC.Cc1ccc(OS(C)(=O)=O)c(C(=O)N[C@@H](C)c2ccccc2)c1.[HH]. The molecule has 0 heterocycles. The molecular weight excluding hydrogens is 338 g/mol. The Morgan fingerprint density at radius 2 is 1.72 bits per heavy atom. The van der Waals surface area contributed by atoms with Gasteiger partial charge >= 0.3 is 10.1 Å². The van der Waals surface area contributed by atoms with E-state index in [0.717, 1.165) is 17.4 Å². The van der Waals surface area contributed by atoms with Crippen LogP contribution in [0, 0.1) is 6.92 Å². The Labute approximate surface area is 151 Å². The molecule has 2 aromatic rings. The van der Waals surface area contributed by atoms with Crippen molar-refractivity contribution >= 4 is 16.0 Å². The van der Waals surface area contributed by atoms with Crippen LogP contribution in [0.3, 0.4) is 0 Å². The Bertz CT molecular complexity index is 808. The van der Waals surface area contributed by atoms with E-state index in [2.05, 4.69) is 5.32 Å². The monoisotopic (exact) mass is 365 g/mol. The minimum Gasteiger partial charge on any atom is -0.382 e. The molecule has 5 nitrogen and oxygen atoms in total. The van der Waals surface area contributed by atoms with Crippen LogP contribution in [0.4, 0.5) is 0 Å². The lowest BCUT2D eigenvalue weighted by Crippen LogP contribution is -2.27. The van der Waals surface area contributed by atoms with Crippen LogP contribution in [0.5, 0.6) is 5.75 Å². The second-order valence-corrected chi connectivity index (χ2v) is 6.97. The molecule has 25 heavy (non-hydrogen) atoms. The molecule has 0 saturated heterocycles. The van der Waals surface area contributed by atoms with Gasteiger partial charge in [0.1, 0.15) is 0 Å². The number of rotatable bonds is 5. The van der Waals surface area contributed by atoms with Gasteiger partial charge in [-0.2, -0.15) is 8.42 Å². The summed E-state index contributed by atoms with van der Waals surface area (Å²) < 4.78 is 27.6. The van der Waals surface area contributed by atoms with Crippen LogP contribution >= 0.6 is 0 Å². The maximum Gasteiger partial charge on any atom is 0.306 e. The van der Waals surface area contributed by atoms with E-state index in [0.29, 0.717) is 0 Å². The molecule has 0 saturated carbocycles. The van der Waals surface area contributed by atoms with Crippen LogP contribution in [-0.2, 0) is 10.1 Å². The second-order valence-electron chi connectivity index (χ2n) is 5.39. The highest BCUT2D eigenvalue weighted by Gasteiger charge is 2.18. The van der Waals surface area contributed by atoms with E-state index in [-0.39, 0.29) is 24.7 Å². The molecule has 0 radical (unpaired) electrons. The highest BCUT2D eigenvalue weighted by molar-refractivity contribution is 7.86. The molecular formula is C19H27NO4S. The maximum absolute atomic E-state index is 12.5. The quantitative estimate of drug-likeness (QED) is 0.810. The van der Waals surface area contributed by atoms with E-state index < -0.39 is 10.1 Å². The number of carbonyl (C=O) groups is 1.